The van der Waals surface area contributed by atoms with E-state index in [4.69, 9.17) is 9.47 Å². The van der Waals surface area contributed by atoms with Gasteiger partial charge in [-0.15, -0.1) is 0 Å². The second kappa shape index (κ2) is 13.4. The number of carbonyl (C=O) groups excluding carboxylic acids is 1. The van der Waals surface area contributed by atoms with Crippen LogP contribution in [0.2, 0.25) is 0 Å². The summed E-state index contributed by atoms with van der Waals surface area (Å²) < 4.78 is 13.3. The molecule has 3 aromatic rings. The number of benzene rings is 3. The second-order valence-electron chi connectivity index (χ2n) is 10.8. The summed E-state index contributed by atoms with van der Waals surface area (Å²) in [5, 5.41) is 12.5. The number of nitrogens with zero attached hydrogens (tertiary/aromatic N) is 1. The molecule has 5 rings (SSSR count). The molecule has 2 fully saturated rings. The molecular formula is C33H40N2O4. The van der Waals surface area contributed by atoms with E-state index in [1.807, 2.05) is 54.6 Å². The number of aliphatic hydroxyl groups is 1. The average molecular weight is 529 g/mol. The summed E-state index contributed by atoms with van der Waals surface area (Å²) in [5.41, 5.74) is 4.26. The molecule has 2 aliphatic heterocycles. The Labute approximate surface area is 232 Å². The van der Waals surface area contributed by atoms with Crippen molar-refractivity contribution >= 4 is 11.6 Å². The van der Waals surface area contributed by atoms with Crippen LogP contribution in [0.1, 0.15) is 78.5 Å². The number of likely N-dealkylation sites (tertiary alicyclic amines) is 1. The zero-order valence-electron chi connectivity index (χ0n) is 22.8. The van der Waals surface area contributed by atoms with E-state index in [1.54, 1.807) is 12.1 Å². The molecule has 2 N–H and O–H groups in total. The Morgan fingerprint density at radius 1 is 0.846 bits per heavy atom. The molecule has 3 aromatic carbocycles. The molecule has 0 bridgehead atoms. The average Bonchev–Trinajstić information content (AvgIpc) is 2.96. The molecule has 0 aromatic heterocycles. The highest BCUT2D eigenvalue weighted by Crippen LogP contribution is 2.42. The van der Waals surface area contributed by atoms with E-state index in [1.165, 1.54) is 32.1 Å². The lowest BCUT2D eigenvalue weighted by Gasteiger charge is -2.43. The highest BCUT2D eigenvalue weighted by Gasteiger charge is 2.39. The number of nitrogens with one attached hydrogen (secondary N) is 1. The normalized spacial score (nSPS) is 24.5. The molecule has 0 radical (unpaired) electrons. The first-order valence-corrected chi connectivity index (χ1v) is 14.3. The smallest absolute Gasteiger partial charge is 0.255 e. The minimum atomic E-state index is -0.512. The van der Waals surface area contributed by atoms with Gasteiger partial charge < -0.3 is 24.8 Å². The zero-order valence-corrected chi connectivity index (χ0v) is 22.8. The summed E-state index contributed by atoms with van der Waals surface area (Å²) in [4.78, 5) is 15.1. The molecule has 6 nitrogen and oxygen atoms in total. The maximum atomic E-state index is 12.6. The Balaban J connectivity index is 1.34. The summed E-state index contributed by atoms with van der Waals surface area (Å²) in [5.74, 6) is 0.0261. The molecule has 2 aliphatic rings. The van der Waals surface area contributed by atoms with Gasteiger partial charge in [-0.2, -0.15) is 0 Å². The number of hydrogen-bond acceptors (Lipinski definition) is 5. The first-order chi connectivity index (χ1) is 19.1. The highest BCUT2D eigenvalue weighted by molar-refractivity contribution is 6.04. The number of rotatable bonds is 7. The van der Waals surface area contributed by atoms with Gasteiger partial charge in [0.2, 0.25) is 0 Å². The van der Waals surface area contributed by atoms with E-state index < -0.39 is 6.29 Å². The van der Waals surface area contributed by atoms with Crippen LogP contribution in [0.4, 0.5) is 5.69 Å². The Morgan fingerprint density at radius 2 is 1.49 bits per heavy atom. The van der Waals surface area contributed by atoms with Gasteiger partial charge in [0.1, 0.15) is 0 Å². The maximum absolute atomic E-state index is 12.6. The molecule has 1 amide bonds. The second-order valence-corrected chi connectivity index (χ2v) is 10.8. The van der Waals surface area contributed by atoms with Gasteiger partial charge in [0.15, 0.2) is 6.29 Å². The molecule has 0 aliphatic carbocycles. The standard InChI is InChI=1S/C33H40N2O4/c1-24-30(22-35-20-8-3-2-4-9-21-35)38-33(39-31(24)26-14-12-25(23-36)13-15-26)28-16-18-29(19-17-28)34-32(37)27-10-6-5-7-11-27/h5-7,10-19,24,30-31,33,36H,2-4,8-9,20-23H2,1H3,(H,34,37)/t24-,30+,31+,33+/m0/s1. The van der Waals surface area contributed by atoms with Crippen LogP contribution >= 0.6 is 0 Å². The Hall–Kier alpha value is -3.03. The predicted molar refractivity (Wildman–Crippen MR) is 153 cm³/mol. The third-order valence-electron chi connectivity index (χ3n) is 7.99. The Morgan fingerprint density at radius 3 is 2.15 bits per heavy atom. The van der Waals surface area contributed by atoms with E-state index in [0.29, 0.717) is 5.56 Å². The third kappa shape index (κ3) is 7.14. The summed E-state index contributed by atoms with van der Waals surface area (Å²) >= 11 is 0. The third-order valence-corrected chi connectivity index (χ3v) is 7.99. The molecule has 2 saturated heterocycles. The van der Waals surface area contributed by atoms with E-state index in [2.05, 4.69) is 29.3 Å². The summed E-state index contributed by atoms with van der Waals surface area (Å²) in [6, 6.07) is 25.0. The van der Waals surface area contributed by atoms with Gasteiger partial charge in [0, 0.05) is 29.3 Å². The minimum Gasteiger partial charge on any atom is -0.392 e. The van der Waals surface area contributed by atoms with Crippen LogP contribution in [0.3, 0.4) is 0 Å². The van der Waals surface area contributed by atoms with Crippen LogP contribution < -0.4 is 5.32 Å². The fourth-order valence-electron chi connectivity index (χ4n) is 5.59. The Kier molecular flexibility index (Phi) is 9.43. The molecule has 2 heterocycles. The van der Waals surface area contributed by atoms with Gasteiger partial charge in [0.25, 0.3) is 5.91 Å². The predicted octanol–water partition coefficient (Wildman–Crippen LogP) is 6.49. The van der Waals surface area contributed by atoms with Crippen molar-refractivity contribution < 1.29 is 19.4 Å². The van der Waals surface area contributed by atoms with Crippen LogP contribution in [0.5, 0.6) is 0 Å². The van der Waals surface area contributed by atoms with Gasteiger partial charge in [-0.3, -0.25) is 4.79 Å². The lowest BCUT2D eigenvalue weighted by atomic mass is 9.89. The number of ether oxygens (including phenoxy) is 2. The highest BCUT2D eigenvalue weighted by atomic mass is 16.7. The van der Waals surface area contributed by atoms with Crippen molar-refractivity contribution in [1.29, 1.82) is 0 Å². The van der Waals surface area contributed by atoms with Gasteiger partial charge in [-0.25, -0.2) is 0 Å². The van der Waals surface area contributed by atoms with Crippen molar-refractivity contribution in [3.8, 4) is 0 Å². The van der Waals surface area contributed by atoms with Crippen molar-refractivity contribution in [2.75, 3.05) is 25.0 Å². The van der Waals surface area contributed by atoms with Gasteiger partial charge >= 0.3 is 0 Å². The van der Waals surface area contributed by atoms with Crippen LogP contribution in [0.25, 0.3) is 0 Å². The lowest BCUT2D eigenvalue weighted by Crippen LogP contribution is -2.45. The number of amides is 1. The SMILES string of the molecule is C[C@H]1[C@@H](CN2CCCCCCC2)O[C@@H](c2ccc(NC(=O)c3ccccc3)cc2)O[C@H]1c1ccc(CO)cc1. The molecule has 39 heavy (non-hydrogen) atoms. The minimum absolute atomic E-state index is 0.0168. The number of hydrogen-bond donors (Lipinski definition) is 2. The summed E-state index contributed by atoms with van der Waals surface area (Å²) in [6.45, 7) is 5.36. The first-order valence-electron chi connectivity index (χ1n) is 14.3. The number of aliphatic hydroxyl groups excluding tert-OH is 1. The lowest BCUT2D eigenvalue weighted by molar-refractivity contribution is -0.276. The van der Waals surface area contributed by atoms with Crippen LogP contribution in [0, 0.1) is 5.92 Å². The van der Waals surface area contributed by atoms with E-state index in [0.717, 1.165) is 42.0 Å². The molecule has 6 heteroatoms. The molecule has 0 spiro atoms. The van der Waals surface area contributed by atoms with Gasteiger partial charge in [-0.05, 0) is 61.3 Å². The van der Waals surface area contributed by atoms with Gasteiger partial charge in [0.05, 0.1) is 18.8 Å². The summed E-state index contributed by atoms with van der Waals surface area (Å²) in [7, 11) is 0. The molecular weight excluding hydrogens is 488 g/mol. The van der Waals surface area contributed by atoms with E-state index in [9.17, 15) is 9.90 Å². The maximum Gasteiger partial charge on any atom is 0.255 e. The van der Waals surface area contributed by atoms with Gasteiger partial charge in [-0.1, -0.05) is 80.8 Å². The van der Waals surface area contributed by atoms with Crippen molar-refractivity contribution in [2.45, 2.75) is 64.1 Å². The van der Waals surface area contributed by atoms with Crippen LogP contribution in [0.15, 0.2) is 78.9 Å². The van der Waals surface area contributed by atoms with Crippen LogP contribution in [-0.4, -0.2) is 41.7 Å². The Bertz CT molecular complexity index is 1170. The summed E-state index contributed by atoms with van der Waals surface area (Å²) in [6.07, 6.45) is 5.80. The molecule has 0 saturated carbocycles. The van der Waals surface area contributed by atoms with Crippen molar-refractivity contribution in [3.63, 3.8) is 0 Å². The molecule has 0 unspecified atom stereocenters. The van der Waals surface area contributed by atoms with Crippen molar-refractivity contribution in [3.05, 3.63) is 101 Å². The topological polar surface area (TPSA) is 71.0 Å². The van der Waals surface area contributed by atoms with Crippen molar-refractivity contribution in [2.24, 2.45) is 5.92 Å². The number of anilines is 1. The monoisotopic (exact) mass is 528 g/mol. The fourth-order valence-corrected chi connectivity index (χ4v) is 5.59. The zero-order chi connectivity index (χ0) is 27.0. The van der Waals surface area contributed by atoms with Crippen molar-refractivity contribution in [1.82, 2.24) is 4.90 Å². The van der Waals surface area contributed by atoms with Crippen LogP contribution in [-0.2, 0) is 16.1 Å². The van der Waals surface area contributed by atoms with E-state index in [-0.39, 0.29) is 30.6 Å². The first kappa shape index (κ1) is 27.5. The number of carbonyl (C=O) groups is 1. The quantitative estimate of drug-likeness (QED) is 0.367. The van der Waals surface area contributed by atoms with E-state index >= 15 is 0 Å². The molecule has 206 valence electrons. The largest absolute Gasteiger partial charge is 0.392 e. The molecule has 4 atom stereocenters. The fraction of sp³-hybridized carbons (Fsp3) is 0.424.